The van der Waals surface area contributed by atoms with Crippen molar-refractivity contribution < 1.29 is 0 Å². The van der Waals surface area contributed by atoms with Gasteiger partial charge in [0.2, 0.25) is 0 Å². The third kappa shape index (κ3) is 2.21. The van der Waals surface area contributed by atoms with Crippen molar-refractivity contribution in [2.45, 2.75) is 0 Å². The first-order valence-electron chi connectivity index (χ1n) is 5.66. The molecule has 0 saturated carbocycles. The van der Waals surface area contributed by atoms with E-state index >= 15 is 0 Å². The quantitative estimate of drug-likeness (QED) is 0.747. The van der Waals surface area contributed by atoms with E-state index in [4.69, 9.17) is 11.0 Å². The number of aromatic amines is 1. The molecule has 4 nitrogen and oxygen atoms in total. The fraction of sp³-hybridized carbons (Fsp3) is 0. The molecule has 0 aliphatic heterocycles. The lowest BCUT2D eigenvalue weighted by Crippen LogP contribution is -1.80. The minimum Gasteiger partial charge on any atom is -0.375 e. The molecule has 0 unspecified atom stereocenters. The van der Waals surface area contributed by atoms with Crippen LogP contribution in [0.15, 0.2) is 29.8 Å². The van der Waals surface area contributed by atoms with Crippen molar-refractivity contribution in [1.29, 1.82) is 5.26 Å². The molecule has 0 amide bonds. The number of hydrogen-bond donors (Lipinski definition) is 2. The van der Waals surface area contributed by atoms with Crippen LogP contribution in [0.1, 0.15) is 16.8 Å². The lowest BCUT2D eigenvalue weighted by atomic mass is 10.1. The van der Waals surface area contributed by atoms with Crippen LogP contribution >= 0.6 is 11.3 Å². The molecule has 1 aromatic carbocycles. The van der Waals surface area contributed by atoms with E-state index in [-0.39, 0.29) is 0 Å². The Hall–Kier alpha value is -2.58. The molecule has 3 N–H and O–H groups in total. The molecule has 19 heavy (non-hydrogen) atoms. The zero-order valence-electron chi connectivity index (χ0n) is 9.92. The van der Waals surface area contributed by atoms with Crippen LogP contribution in [0.4, 0.5) is 5.13 Å². The third-order valence-electron chi connectivity index (χ3n) is 2.82. The third-order valence-corrected chi connectivity index (χ3v) is 3.51. The van der Waals surface area contributed by atoms with Gasteiger partial charge in [-0.15, -0.1) is 11.3 Å². The highest BCUT2D eigenvalue weighted by Crippen LogP contribution is 2.22. The van der Waals surface area contributed by atoms with Crippen LogP contribution in [0.2, 0.25) is 0 Å². The summed E-state index contributed by atoms with van der Waals surface area (Å²) < 4.78 is 0. The summed E-state index contributed by atoms with van der Waals surface area (Å²) in [6.45, 7) is 0. The summed E-state index contributed by atoms with van der Waals surface area (Å²) in [5.41, 5.74) is 9.11. The van der Waals surface area contributed by atoms with E-state index in [9.17, 15) is 0 Å². The number of anilines is 1. The molecule has 0 saturated heterocycles. The van der Waals surface area contributed by atoms with Crippen molar-refractivity contribution in [1.82, 2.24) is 9.97 Å². The Labute approximate surface area is 113 Å². The number of benzene rings is 1. The topological polar surface area (TPSA) is 78.5 Å². The Kier molecular flexibility index (Phi) is 2.78. The zero-order chi connectivity index (χ0) is 13.2. The molecule has 3 rings (SSSR count). The largest absolute Gasteiger partial charge is 0.375 e. The highest BCUT2D eigenvalue weighted by atomic mass is 32.1. The van der Waals surface area contributed by atoms with Gasteiger partial charge in [-0.2, -0.15) is 5.26 Å². The Morgan fingerprint density at radius 1 is 1.37 bits per heavy atom. The minimum absolute atomic E-state index is 0.567. The summed E-state index contributed by atoms with van der Waals surface area (Å²) >= 11 is 1.42. The number of fused-ring (bicyclic) bond motifs is 1. The first kappa shape index (κ1) is 11.5. The normalized spacial score (nSPS) is 11.1. The van der Waals surface area contributed by atoms with Gasteiger partial charge in [0, 0.05) is 22.5 Å². The van der Waals surface area contributed by atoms with Crippen molar-refractivity contribution in [3.63, 3.8) is 0 Å². The van der Waals surface area contributed by atoms with Gasteiger partial charge in [-0.3, -0.25) is 0 Å². The van der Waals surface area contributed by atoms with Crippen LogP contribution in [0, 0.1) is 11.3 Å². The van der Waals surface area contributed by atoms with Crippen LogP contribution in [0.5, 0.6) is 0 Å². The molecule has 0 spiro atoms. The second kappa shape index (κ2) is 4.59. The summed E-state index contributed by atoms with van der Waals surface area (Å²) in [6.07, 6.45) is 5.82. The second-order valence-electron chi connectivity index (χ2n) is 4.06. The number of nitrogens with zero attached hydrogens (tertiary/aromatic N) is 2. The van der Waals surface area contributed by atoms with Gasteiger partial charge in [0.05, 0.1) is 17.3 Å². The number of nitrogen functional groups attached to an aromatic ring is 1. The van der Waals surface area contributed by atoms with Gasteiger partial charge < -0.3 is 10.7 Å². The van der Waals surface area contributed by atoms with Gasteiger partial charge in [0.1, 0.15) is 0 Å². The Bertz CT molecular complexity index is 804. The smallest absolute Gasteiger partial charge is 0.180 e. The second-order valence-corrected chi connectivity index (χ2v) is 4.95. The van der Waals surface area contributed by atoms with Gasteiger partial charge in [-0.05, 0) is 23.8 Å². The molecule has 5 heteroatoms. The fourth-order valence-electron chi connectivity index (χ4n) is 1.91. The number of aromatic nitrogens is 2. The first-order chi connectivity index (χ1) is 9.26. The number of thiazole rings is 1. The van der Waals surface area contributed by atoms with E-state index in [0.29, 0.717) is 10.7 Å². The monoisotopic (exact) mass is 266 g/mol. The molecule has 0 atom stereocenters. The summed E-state index contributed by atoms with van der Waals surface area (Å²) in [4.78, 5) is 7.33. The average molecular weight is 266 g/mol. The molecule has 92 valence electrons. The molecule has 0 aliphatic carbocycles. The minimum atomic E-state index is 0.567. The van der Waals surface area contributed by atoms with Crippen LogP contribution in [0.25, 0.3) is 23.1 Å². The van der Waals surface area contributed by atoms with Crippen molar-refractivity contribution in [2.24, 2.45) is 0 Å². The van der Waals surface area contributed by atoms with Crippen molar-refractivity contribution in [3.8, 4) is 6.07 Å². The molecule has 2 heterocycles. The summed E-state index contributed by atoms with van der Waals surface area (Å²) in [6, 6.07) is 7.73. The molecular formula is C14H10N4S. The number of nitrogens with one attached hydrogen (secondary N) is 1. The predicted octanol–water partition coefficient (Wildman–Crippen LogP) is 3.25. The standard InChI is InChI=1S/C14H10N4S/c15-6-9-1-4-12-10(7-17-13(12)5-9)2-3-11-8-19-14(16)18-11/h1-5,7-8,17H,(H2,16,18)/b3-2+. The maximum absolute atomic E-state index is 8.86. The highest BCUT2D eigenvalue weighted by molar-refractivity contribution is 7.13. The maximum atomic E-state index is 8.86. The van der Waals surface area contributed by atoms with Gasteiger partial charge in [-0.25, -0.2) is 4.98 Å². The van der Waals surface area contributed by atoms with Crippen molar-refractivity contribution in [2.75, 3.05) is 5.73 Å². The van der Waals surface area contributed by atoms with E-state index in [1.165, 1.54) is 11.3 Å². The van der Waals surface area contributed by atoms with Crippen LogP contribution in [-0.4, -0.2) is 9.97 Å². The van der Waals surface area contributed by atoms with Gasteiger partial charge in [-0.1, -0.05) is 12.1 Å². The lowest BCUT2D eigenvalue weighted by molar-refractivity contribution is 1.39. The van der Waals surface area contributed by atoms with E-state index < -0.39 is 0 Å². The number of nitrogens with two attached hydrogens (primary N) is 1. The fourth-order valence-corrected chi connectivity index (χ4v) is 2.44. The van der Waals surface area contributed by atoms with E-state index in [2.05, 4.69) is 16.0 Å². The van der Waals surface area contributed by atoms with Gasteiger partial charge in [0.15, 0.2) is 5.13 Å². The van der Waals surface area contributed by atoms with Crippen LogP contribution in [-0.2, 0) is 0 Å². The SMILES string of the molecule is N#Cc1ccc2c(/C=C/c3csc(N)n3)c[nH]c2c1. The van der Waals surface area contributed by atoms with Crippen molar-refractivity contribution in [3.05, 3.63) is 46.6 Å². The van der Waals surface area contributed by atoms with E-state index in [1.54, 1.807) is 0 Å². The molecule has 0 aliphatic rings. The van der Waals surface area contributed by atoms with E-state index in [0.717, 1.165) is 22.2 Å². The first-order valence-corrected chi connectivity index (χ1v) is 6.54. The summed E-state index contributed by atoms with van der Waals surface area (Å²) in [5.74, 6) is 0. The molecule has 0 fully saturated rings. The number of H-pyrrole nitrogens is 1. The Balaban J connectivity index is 1.98. The molecule has 0 radical (unpaired) electrons. The van der Waals surface area contributed by atoms with Gasteiger partial charge >= 0.3 is 0 Å². The maximum Gasteiger partial charge on any atom is 0.180 e. The average Bonchev–Trinajstić information content (AvgIpc) is 3.02. The number of rotatable bonds is 2. The van der Waals surface area contributed by atoms with Crippen molar-refractivity contribution >= 4 is 39.5 Å². The van der Waals surface area contributed by atoms with E-state index in [1.807, 2.05) is 41.9 Å². The van der Waals surface area contributed by atoms with Gasteiger partial charge in [0.25, 0.3) is 0 Å². The Morgan fingerprint density at radius 3 is 3.00 bits per heavy atom. The number of nitriles is 1. The highest BCUT2D eigenvalue weighted by Gasteiger charge is 2.02. The summed E-state index contributed by atoms with van der Waals surface area (Å²) in [5, 5.41) is 12.4. The molecule has 0 bridgehead atoms. The number of hydrogen-bond acceptors (Lipinski definition) is 4. The molecule has 2 aromatic heterocycles. The predicted molar refractivity (Wildman–Crippen MR) is 78.5 cm³/mol. The zero-order valence-corrected chi connectivity index (χ0v) is 10.7. The Morgan fingerprint density at radius 2 is 2.26 bits per heavy atom. The lowest BCUT2D eigenvalue weighted by Gasteiger charge is -1.92. The summed E-state index contributed by atoms with van der Waals surface area (Å²) in [7, 11) is 0. The molecular weight excluding hydrogens is 256 g/mol. The van der Waals surface area contributed by atoms with Crippen LogP contribution < -0.4 is 5.73 Å². The van der Waals surface area contributed by atoms with Crippen LogP contribution in [0.3, 0.4) is 0 Å². The molecule has 3 aromatic rings.